The summed E-state index contributed by atoms with van der Waals surface area (Å²) >= 11 is 0. The van der Waals surface area contributed by atoms with E-state index in [0.29, 0.717) is 36.2 Å². The minimum absolute atomic E-state index is 0.254. The highest BCUT2D eigenvalue weighted by atomic mass is 19.4. The number of piperidine rings is 1. The van der Waals surface area contributed by atoms with E-state index in [1.54, 1.807) is 18.2 Å². The van der Waals surface area contributed by atoms with Crippen molar-refractivity contribution in [2.24, 2.45) is 5.73 Å². The normalized spacial score (nSPS) is 19.4. The summed E-state index contributed by atoms with van der Waals surface area (Å²) in [5.74, 6) is -0.377. The second-order valence-corrected chi connectivity index (χ2v) is 6.62. The number of ether oxygens (including phenoxy) is 2. The number of amides is 1. The molecule has 2 N–H and O–H groups in total. The molecule has 3 rings (SSSR count). The number of carbonyl (C=O) groups is 1. The van der Waals surface area contributed by atoms with Gasteiger partial charge in [-0.05, 0) is 31.5 Å². The summed E-state index contributed by atoms with van der Waals surface area (Å²) < 4.78 is 51.0. The topological polar surface area (TPSA) is 90.6 Å². The van der Waals surface area contributed by atoms with E-state index >= 15 is 0 Å². The third-order valence-electron chi connectivity index (χ3n) is 4.70. The van der Waals surface area contributed by atoms with Crippen molar-refractivity contribution in [1.82, 2.24) is 14.9 Å². The van der Waals surface area contributed by atoms with Gasteiger partial charge in [-0.1, -0.05) is 6.42 Å². The third kappa shape index (κ3) is 4.61. The Morgan fingerprint density at radius 1 is 1.36 bits per heavy atom. The van der Waals surface area contributed by atoms with Gasteiger partial charge in [-0.3, -0.25) is 9.69 Å². The lowest BCUT2D eigenvalue weighted by Gasteiger charge is -2.36. The van der Waals surface area contributed by atoms with Crippen molar-refractivity contribution >= 4 is 16.9 Å². The van der Waals surface area contributed by atoms with Crippen LogP contribution in [0.5, 0.6) is 11.6 Å². The molecular formula is C18H21F3N4O3. The molecule has 2 atom stereocenters. The van der Waals surface area contributed by atoms with Crippen LogP contribution in [0.1, 0.15) is 19.3 Å². The second-order valence-electron chi connectivity index (χ2n) is 6.62. The van der Waals surface area contributed by atoms with E-state index in [4.69, 9.17) is 15.2 Å². The highest BCUT2D eigenvalue weighted by Crippen LogP contribution is 2.28. The monoisotopic (exact) mass is 398 g/mol. The third-order valence-corrected chi connectivity index (χ3v) is 4.70. The summed E-state index contributed by atoms with van der Waals surface area (Å²) in [7, 11) is 1.47. The largest absolute Gasteiger partial charge is 0.497 e. The first kappa shape index (κ1) is 20.1. The lowest BCUT2D eigenvalue weighted by Crippen LogP contribution is -2.53. The number of nitrogens with zero attached hydrogens (tertiary/aromatic N) is 3. The molecule has 0 bridgehead atoms. The van der Waals surface area contributed by atoms with Crippen LogP contribution in [-0.4, -0.2) is 59.3 Å². The van der Waals surface area contributed by atoms with Crippen LogP contribution in [-0.2, 0) is 4.79 Å². The molecule has 1 aromatic carbocycles. The Kier molecular flexibility index (Phi) is 5.87. The number of methoxy groups -OCH3 is 1. The van der Waals surface area contributed by atoms with Gasteiger partial charge in [-0.2, -0.15) is 13.2 Å². The van der Waals surface area contributed by atoms with E-state index in [-0.39, 0.29) is 5.88 Å². The maximum absolute atomic E-state index is 13.6. The number of primary amides is 1. The number of benzene rings is 1. The first-order valence-electron chi connectivity index (χ1n) is 8.85. The van der Waals surface area contributed by atoms with Crippen LogP contribution in [0.4, 0.5) is 13.2 Å². The maximum Gasteiger partial charge on any atom is 0.426 e. The van der Waals surface area contributed by atoms with Crippen LogP contribution in [0.15, 0.2) is 24.4 Å². The van der Waals surface area contributed by atoms with Gasteiger partial charge >= 0.3 is 6.18 Å². The minimum atomic E-state index is -4.65. The van der Waals surface area contributed by atoms with Crippen molar-refractivity contribution < 1.29 is 27.4 Å². The van der Waals surface area contributed by atoms with Gasteiger partial charge in [0.25, 0.3) is 0 Å². The van der Waals surface area contributed by atoms with Gasteiger partial charge in [-0.25, -0.2) is 9.97 Å². The number of rotatable bonds is 6. The number of alkyl halides is 3. The summed E-state index contributed by atoms with van der Waals surface area (Å²) in [6.07, 6.45) is -3.77. The molecule has 1 aliphatic heterocycles. The van der Waals surface area contributed by atoms with Crippen LogP contribution in [0.2, 0.25) is 0 Å². The zero-order chi connectivity index (χ0) is 20.3. The molecule has 0 saturated carbocycles. The predicted molar refractivity (Wildman–Crippen MR) is 95.0 cm³/mol. The number of fused-ring (bicyclic) bond motifs is 1. The van der Waals surface area contributed by atoms with Gasteiger partial charge in [-0.15, -0.1) is 0 Å². The van der Waals surface area contributed by atoms with Gasteiger partial charge in [0.15, 0.2) is 0 Å². The summed E-state index contributed by atoms with van der Waals surface area (Å²) in [5.41, 5.74) is 6.20. The fourth-order valence-electron chi connectivity index (χ4n) is 3.26. The highest BCUT2D eigenvalue weighted by molar-refractivity contribution is 5.80. The molecule has 28 heavy (non-hydrogen) atoms. The first-order chi connectivity index (χ1) is 13.3. The van der Waals surface area contributed by atoms with Crippen LogP contribution >= 0.6 is 0 Å². The Morgan fingerprint density at radius 3 is 2.82 bits per heavy atom. The molecule has 10 heteroatoms. The lowest BCUT2D eigenvalue weighted by atomic mass is 10.0. The average molecular weight is 398 g/mol. The molecule has 1 aromatic heterocycles. The fourth-order valence-corrected chi connectivity index (χ4v) is 3.26. The summed E-state index contributed by atoms with van der Waals surface area (Å²) in [6, 6.07) is 4.16. The van der Waals surface area contributed by atoms with Crippen LogP contribution in [0, 0.1) is 0 Å². The van der Waals surface area contributed by atoms with E-state index in [2.05, 4.69) is 9.97 Å². The predicted octanol–water partition coefficient (Wildman–Crippen LogP) is 2.29. The zero-order valence-corrected chi connectivity index (χ0v) is 15.3. The van der Waals surface area contributed by atoms with Crippen LogP contribution < -0.4 is 15.2 Å². The quantitative estimate of drug-likeness (QED) is 0.803. The second kappa shape index (κ2) is 8.17. The fraction of sp³-hybridized carbons (Fsp3) is 0.500. The molecule has 2 unspecified atom stereocenters. The molecule has 1 aliphatic rings. The Balaban J connectivity index is 1.82. The van der Waals surface area contributed by atoms with Crippen LogP contribution in [0.3, 0.4) is 0 Å². The molecular weight excluding hydrogens is 377 g/mol. The van der Waals surface area contributed by atoms with Crippen LogP contribution in [0.25, 0.3) is 11.0 Å². The van der Waals surface area contributed by atoms with Gasteiger partial charge in [0, 0.05) is 12.6 Å². The smallest absolute Gasteiger partial charge is 0.426 e. The molecule has 2 aromatic rings. The number of hydrogen-bond acceptors (Lipinski definition) is 6. The van der Waals surface area contributed by atoms with E-state index in [9.17, 15) is 18.0 Å². The molecule has 0 aliphatic carbocycles. The summed E-state index contributed by atoms with van der Waals surface area (Å²) in [6.45, 7) is -0.154. The number of likely N-dealkylation sites (tertiary alicyclic amines) is 1. The number of aromatic nitrogens is 2. The van der Waals surface area contributed by atoms with Gasteiger partial charge in [0.2, 0.25) is 17.9 Å². The minimum Gasteiger partial charge on any atom is -0.497 e. The lowest BCUT2D eigenvalue weighted by molar-refractivity contribution is -0.202. The Bertz CT molecular complexity index is 846. The Hall–Kier alpha value is -2.62. The molecule has 152 valence electrons. The van der Waals surface area contributed by atoms with Gasteiger partial charge in [0.05, 0.1) is 30.4 Å². The van der Waals surface area contributed by atoms with E-state index in [0.717, 1.165) is 12.6 Å². The molecule has 2 heterocycles. The van der Waals surface area contributed by atoms with Crippen molar-refractivity contribution in [2.75, 3.05) is 20.2 Å². The van der Waals surface area contributed by atoms with Gasteiger partial charge in [0.1, 0.15) is 5.75 Å². The first-order valence-corrected chi connectivity index (χ1v) is 8.85. The van der Waals surface area contributed by atoms with Crippen molar-refractivity contribution in [1.29, 1.82) is 0 Å². The van der Waals surface area contributed by atoms with E-state index in [1.807, 2.05) is 0 Å². The molecule has 0 spiro atoms. The van der Waals surface area contributed by atoms with E-state index < -0.39 is 30.8 Å². The molecule has 7 nitrogen and oxygen atoms in total. The van der Waals surface area contributed by atoms with E-state index in [1.165, 1.54) is 12.0 Å². The van der Waals surface area contributed by atoms with Crippen molar-refractivity contribution in [3.8, 4) is 11.6 Å². The zero-order valence-electron chi connectivity index (χ0n) is 15.3. The number of halogens is 3. The number of carbonyl (C=O) groups excluding carboxylic acids is 1. The summed E-state index contributed by atoms with van der Waals surface area (Å²) in [5, 5.41) is 0. The van der Waals surface area contributed by atoms with Gasteiger partial charge < -0.3 is 15.2 Å². The number of nitrogens with two attached hydrogens (primary N) is 1. The maximum atomic E-state index is 13.6. The molecule has 1 saturated heterocycles. The standard InChI is InChI=1S/C18H21F3N4O3/c1-27-11-5-6-12-13(8-11)24-16(9-23-12)28-15(18(19,20)21)10-25-7-3-2-4-14(25)17(22)26/h5-6,8-9,14-15H,2-4,7,10H2,1H3,(H2,22,26). The molecule has 1 fully saturated rings. The Labute approximate surface area is 159 Å². The van der Waals surface area contributed by atoms with Crippen molar-refractivity contribution in [2.45, 2.75) is 37.6 Å². The average Bonchev–Trinajstić information content (AvgIpc) is 2.66. The molecule has 0 radical (unpaired) electrons. The summed E-state index contributed by atoms with van der Waals surface area (Å²) in [4.78, 5) is 21.2. The van der Waals surface area contributed by atoms with Crippen molar-refractivity contribution in [3.05, 3.63) is 24.4 Å². The SMILES string of the molecule is COc1ccc2ncc(OC(CN3CCCCC3C(N)=O)C(F)(F)F)nc2c1. The number of hydrogen-bond donors (Lipinski definition) is 1. The Morgan fingerprint density at radius 2 is 2.14 bits per heavy atom. The van der Waals surface area contributed by atoms with Crippen molar-refractivity contribution in [3.63, 3.8) is 0 Å². The highest BCUT2D eigenvalue weighted by Gasteiger charge is 2.44. The molecule has 1 amide bonds.